The minimum atomic E-state index is -0.615. The second-order valence-corrected chi connectivity index (χ2v) is 6.81. The second kappa shape index (κ2) is 7.51. The van der Waals surface area contributed by atoms with E-state index in [0.29, 0.717) is 13.1 Å². The second-order valence-electron chi connectivity index (χ2n) is 4.26. The van der Waals surface area contributed by atoms with Gasteiger partial charge in [0.15, 0.2) is 11.6 Å². The number of hydrogen-bond acceptors (Lipinski definition) is 4. The molecule has 0 aliphatic rings. The minimum Gasteiger partial charge on any atom is -0.368 e. The van der Waals surface area contributed by atoms with Gasteiger partial charge in [-0.1, -0.05) is 0 Å². The Labute approximate surface area is 134 Å². The monoisotopic (exact) mass is 371 g/mol. The van der Waals surface area contributed by atoms with Crippen LogP contribution in [0, 0.1) is 5.82 Å². The molecule has 0 aliphatic carbocycles. The molecule has 0 saturated heterocycles. The number of nitrogens with one attached hydrogen (secondary N) is 2. The summed E-state index contributed by atoms with van der Waals surface area (Å²) < 4.78 is 15.1. The molecule has 21 heavy (non-hydrogen) atoms. The van der Waals surface area contributed by atoms with E-state index < -0.39 is 11.7 Å². The average Bonchev–Trinajstić information content (AvgIpc) is 2.87. The number of carbonyl (C=O) groups excluding carboxylic acids is 1. The van der Waals surface area contributed by atoms with Crippen molar-refractivity contribution in [2.45, 2.75) is 13.3 Å². The lowest BCUT2D eigenvalue weighted by Gasteiger charge is -2.08. The van der Waals surface area contributed by atoms with Gasteiger partial charge < -0.3 is 10.6 Å². The highest BCUT2D eigenvalue weighted by Gasteiger charge is 2.15. The molecule has 4 nitrogen and oxygen atoms in total. The van der Waals surface area contributed by atoms with Gasteiger partial charge in [-0.15, -0.1) is 11.3 Å². The maximum Gasteiger partial charge on any atom is 0.254 e. The summed E-state index contributed by atoms with van der Waals surface area (Å²) >= 11 is 5.01. The molecule has 0 aromatic carbocycles. The number of halogens is 2. The molecule has 2 rings (SSSR count). The molecular formula is C14H15BrFN3OS. The lowest BCUT2D eigenvalue weighted by molar-refractivity contribution is 0.0950. The van der Waals surface area contributed by atoms with Gasteiger partial charge >= 0.3 is 0 Å². The van der Waals surface area contributed by atoms with E-state index in [0.717, 1.165) is 15.1 Å². The van der Waals surface area contributed by atoms with Gasteiger partial charge in [-0.3, -0.25) is 4.79 Å². The van der Waals surface area contributed by atoms with Crippen molar-refractivity contribution in [2.75, 3.05) is 18.4 Å². The molecule has 0 saturated carbocycles. The Morgan fingerprint density at radius 3 is 2.90 bits per heavy atom. The van der Waals surface area contributed by atoms with Crippen LogP contribution >= 0.6 is 27.3 Å². The summed E-state index contributed by atoms with van der Waals surface area (Å²) in [6.07, 6.45) is 2.14. The summed E-state index contributed by atoms with van der Waals surface area (Å²) in [5.41, 5.74) is 0.00769. The Balaban J connectivity index is 1.95. The molecular weight excluding hydrogens is 357 g/mol. The van der Waals surface area contributed by atoms with Crippen LogP contribution < -0.4 is 10.6 Å². The van der Waals surface area contributed by atoms with Gasteiger partial charge in [0.05, 0.1) is 9.35 Å². The molecule has 2 N–H and O–H groups in total. The number of pyridine rings is 1. The van der Waals surface area contributed by atoms with Gasteiger partial charge in [0, 0.05) is 24.2 Å². The summed E-state index contributed by atoms with van der Waals surface area (Å²) in [5, 5.41) is 5.51. The van der Waals surface area contributed by atoms with Gasteiger partial charge in [0.1, 0.15) is 0 Å². The Bertz CT molecular complexity index is 632. The van der Waals surface area contributed by atoms with E-state index in [9.17, 15) is 9.18 Å². The van der Waals surface area contributed by atoms with Crippen molar-refractivity contribution in [1.82, 2.24) is 10.3 Å². The largest absolute Gasteiger partial charge is 0.368 e. The predicted octanol–water partition coefficient (Wildman–Crippen LogP) is 3.45. The number of thiophene rings is 1. The Kier molecular flexibility index (Phi) is 5.69. The van der Waals surface area contributed by atoms with E-state index in [-0.39, 0.29) is 11.4 Å². The van der Waals surface area contributed by atoms with Gasteiger partial charge in [-0.2, -0.15) is 0 Å². The molecule has 0 atom stereocenters. The fraction of sp³-hybridized carbons (Fsp3) is 0.286. The number of anilines is 1. The predicted molar refractivity (Wildman–Crippen MR) is 86.4 cm³/mol. The van der Waals surface area contributed by atoms with Crippen LogP contribution in [-0.4, -0.2) is 24.0 Å². The molecule has 7 heteroatoms. The van der Waals surface area contributed by atoms with Crippen molar-refractivity contribution in [3.05, 3.63) is 44.4 Å². The van der Waals surface area contributed by atoms with Crippen molar-refractivity contribution in [2.24, 2.45) is 0 Å². The Hall–Kier alpha value is -1.47. The van der Waals surface area contributed by atoms with Crippen molar-refractivity contribution < 1.29 is 9.18 Å². The molecule has 1 amide bonds. The molecule has 112 valence electrons. The maximum absolute atomic E-state index is 14.1. The van der Waals surface area contributed by atoms with Crippen LogP contribution in [0.25, 0.3) is 0 Å². The SMILES string of the molecule is CCNc1nccc(C(=O)NCCc2ccc(Br)s2)c1F. The zero-order chi connectivity index (χ0) is 15.2. The van der Waals surface area contributed by atoms with Crippen LogP contribution in [0.4, 0.5) is 10.2 Å². The van der Waals surface area contributed by atoms with Gasteiger partial charge in [-0.25, -0.2) is 9.37 Å². The topological polar surface area (TPSA) is 54.0 Å². The van der Waals surface area contributed by atoms with E-state index >= 15 is 0 Å². The zero-order valence-electron chi connectivity index (χ0n) is 11.5. The Morgan fingerprint density at radius 1 is 1.43 bits per heavy atom. The molecule has 2 aromatic heterocycles. The normalized spacial score (nSPS) is 10.4. The first kappa shape index (κ1) is 15.9. The minimum absolute atomic E-state index is 0.00769. The Morgan fingerprint density at radius 2 is 2.24 bits per heavy atom. The summed E-state index contributed by atoms with van der Waals surface area (Å²) in [4.78, 5) is 17.0. The molecule has 0 fully saturated rings. The average molecular weight is 372 g/mol. The highest BCUT2D eigenvalue weighted by Crippen LogP contribution is 2.22. The van der Waals surface area contributed by atoms with Crippen LogP contribution in [0.5, 0.6) is 0 Å². The van der Waals surface area contributed by atoms with E-state index in [1.54, 1.807) is 11.3 Å². The quantitative estimate of drug-likeness (QED) is 0.817. The highest BCUT2D eigenvalue weighted by molar-refractivity contribution is 9.11. The third-order valence-electron chi connectivity index (χ3n) is 2.76. The van der Waals surface area contributed by atoms with Gasteiger partial charge in [-0.05, 0) is 47.5 Å². The van der Waals surface area contributed by atoms with Crippen molar-refractivity contribution >= 4 is 39.0 Å². The molecule has 0 aliphatic heterocycles. The summed E-state index contributed by atoms with van der Waals surface area (Å²) in [7, 11) is 0. The van der Waals surface area contributed by atoms with Crippen molar-refractivity contribution in [3.63, 3.8) is 0 Å². The first-order valence-corrected chi connectivity index (χ1v) is 8.13. The standard InChI is InChI=1S/C14H15BrFN3OS/c1-2-17-13-12(16)10(6-8-18-13)14(20)19-7-5-9-3-4-11(15)21-9/h3-4,6,8H,2,5,7H2,1H3,(H,17,18)(H,19,20). The van der Waals surface area contributed by atoms with E-state index in [1.165, 1.54) is 12.3 Å². The fourth-order valence-corrected chi connectivity index (χ4v) is 3.27. The van der Waals surface area contributed by atoms with Crippen LogP contribution in [0.1, 0.15) is 22.2 Å². The number of carbonyl (C=O) groups is 1. The molecule has 2 aromatic rings. The lowest BCUT2D eigenvalue weighted by atomic mass is 10.2. The van der Waals surface area contributed by atoms with Gasteiger partial charge in [0.2, 0.25) is 0 Å². The molecule has 0 unspecified atom stereocenters. The van der Waals surface area contributed by atoms with Crippen LogP contribution in [0.15, 0.2) is 28.2 Å². The van der Waals surface area contributed by atoms with Crippen LogP contribution in [0.3, 0.4) is 0 Å². The molecule has 0 spiro atoms. The first-order chi connectivity index (χ1) is 10.1. The highest BCUT2D eigenvalue weighted by atomic mass is 79.9. The van der Waals surface area contributed by atoms with Crippen LogP contribution in [0.2, 0.25) is 0 Å². The zero-order valence-corrected chi connectivity index (χ0v) is 13.9. The van der Waals surface area contributed by atoms with Crippen molar-refractivity contribution in [1.29, 1.82) is 0 Å². The number of rotatable bonds is 6. The van der Waals surface area contributed by atoms with E-state index in [1.807, 2.05) is 19.1 Å². The van der Waals surface area contributed by atoms with Crippen molar-refractivity contribution in [3.8, 4) is 0 Å². The molecule has 0 bridgehead atoms. The summed E-state index contributed by atoms with van der Waals surface area (Å²) in [5.74, 6) is -0.937. The smallest absolute Gasteiger partial charge is 0.254 e. The fourth-order valence-electron chi connectivity index (χ4n) is 1.79. The summed E-state index contributed by atoms with van der Waals surface area (Å²) in [6.45, 7) is 2.85. The number of aromatic nitrogens is 1. The summed E-state index contributed by atoms with van der Waals surface area (Å²) in [6, 6.07) is 5.34. The lowest BCUT2D eigenvalue weighted by Crippen LogP contribution is -2.26. The maximum atomic E-state index is 14.1. The molecule has 2 heterocycles. The van der Waals surface area contributed by atoms with E-state index in [4.69, 9.17) is 0 Å². The molecule has 0 radical (unpaired) electrons. The number of nitrogens with zero attached hydrogens (tertiary/aromatic N) is 1. The third-order valence-corrected chi connectivity index (χ3v) is 4.45. The van der Waals surface area contributed by atoms with Crippen LogP contribution in [-0.2, 0) is 6.42 Å². The van der Waals surface area contributed by atoms with E-state index in [2.05, 4.69) is 31.5 Å². The number of amides is 1. The van der Waals surface area contributed by atoms with Gasteiger partial charge in [0.25, 0.3) is 5.91 Å². The number of hydrogen-bond donors (Lipinski definition) is 2. The third kappa shape index (κ3) is 4.25. The first-order valence-electron chi connectivity index (χ1n) is 6.52.